The lowest BCUT2D eigenvalue weighted by Gasteiger charge is -2.30. The van der Waals surface area contributed by atoms with Gasteiger partial charge in [0.15, 0.2) is 5.03 Å². The summed E-state index contributed by atoms with van der Waals surface area (Å²) in [6.07, 6.45) is 0.0802. The zero-order valence-electron chi connectivity index (χ0n) is 12.1. The SMILES string of the molecule is CC(C)(C)OC(=O)N1CCc2nc(S(=O)(=O)Cl)ccc2C1. The van der Waals surface area contributed by atoms with Crippen molar-refractivity contribution >= 4 is 25.8 Å². The van der Waals surface area contributed by atoms with Crippen LogP contribution >= 0.6 is 10.7 Å². The molecule has 6 nitrogen and oxygen atoms in total. The lowest BCUT2D eigenvalue weighted by atomic mass is 10.1. The lowest BCUT2D eigenvalue weighted by Crippen LogP contribution is -2.40. The third-order valence-electron chi connectivity index (χ3n) is 2.92. The van der Waals surface area contributed by atoms with Gasteiger partial charge in [0.05, 0.1) is 6.54 Å². The molecule has 0 radical (unpaired) electrons. The van der Waals surface area contributed by atoms with E-state index in [0.29, 0.717) is 25.2 Å². The summed E-state index contributed by atoms with van der Waals surface area (Å²) in [4.78, 5) is 17.6. The van der Waals surface area contributed by atoms with Crippen molar-refractivity contribution in [2.24, 2.45) is 0 Å². The van der Waals surface area contributed by atoms with Crippen LogP contribution in [0.15, 0.2) is 17.2 Å². The van der Waals surface area contributed by atoms with Crippen molar-refractivity contribution in [2.45, 2.75) is 44.4 Å². The number of ether oxygens (including phenoxy) is 1. The minimum absolute atomic E-state index is 0.159. The number of rotatable bonds is 1. The number of carbonyl (C=O) groups excluding carboxylic acids is 1. The van der Waals surface area contributed by atoms with Crippen LogP contribution in [0.2, 0.25) is 0 Å². The third kappa shape index (κ3) is 4.07. The van der Waals surface area contributed by atoms with Gasteiger partial charge in [0.2, 0.25) is 0 Å². The first kappa shape index (κ1) is 16.0. The average molecular weight is 333 g/mol. The molecule has 1 aliphatic heterocycles. The van der Waals surface area contributed by atoms with E-state index in [2.05, 4.69) is 4.98 Å². The number of hydrogen-bond donors (Lipinski definition) is 0. The molecule has 0 atom stereocenters. The maximum Gasteiger partial charge on any atom is 0.410 e. The molecule has 8 heteroatoms. The van der Waals surface area contributed by atoms with E-state index in [1.165, 1.54) is 6.07 Å². The van der Waals surface area contributed by atoms with Gasteiger partial charge in [-0.1, -0.05) is 6.07 Å². The predicted octanol–water partition coefficient (Wildman–Crippen LogP) is 2.30. The number of amides is 1. The van der Waals surface area contributed by atoms with Gasteiger partial charge in [0.25, 0.3) is 9.05 Å². The Hall–Kier alpha value is -1.34. The number of hydrogen-bond acceptors (Lipinski definition) is 5. The fourth-order valence-corrected chi connectivity index (χ4v) is 2.72. The molecule has 0 aliphatic carbocycles. The second kappa shape index (κ2) is 5.46. The summed E-state index contributed by atoms with van der Waals surface area (Å²) in [7, 11) is 1.44. The Morgan fingerprint density at radius 2 is 2.05 bits per heavy atom. The molecule has 2 rings (SSSR count). The first-order valence-electron chi connectivity index (χ1n) is 6.48. The summed E-state index contributed by atoms with van der Waals surface area (Å²) >= 11 is 0. The van der Waals surface area contributed by atoms with Gasteiger partial charge in [0.1, 0.15) is 5.60 Å². The molecular weight excluding hydrogens is 316 g/mol. The average Bonchev–Trinajstić information content (AvgIpc) is 2.34. The largest absolute Gasteiger partial charge is 0.444 e. The molecule has 0 unspecified atom stereocenters. The van der Waals surface area contributed by atoms with Gasteiger partial charge in [0, 0.05) is 29.3 Å². The molecule has 116 valence electrons. The second-order valence-electron chi connectivity index (χ2n) is 5.85. The Kier molecular flexibility index (Phi) is 4.17. The number of aromatic nitrogens is 1. The topological polar surface area (TPSA) is 76.6 Å². The molecule has 0 bridgehead atoms. The van der Waals surface area contributed by atoms with E-state index in [0.717, 1.165) is 5.56 Å². The summed E-state index contributed by atoms with van der Waals surface area (Å²) in [6.45, 7) is 6.20. The smallest absolute Gasteiger partial charge is 0.410 e. The quantitative estimate of drug-likeness (QED) is 0.737. The fourth-order valence-electron chi connectivity index (χ4n) is 2.01. The van der Waals surface area contributed by atoms with Crippen LogP contribution in [0.1, 0.15) is 32.0 Å². The number of carbonyl (C=O) groups is 1. The van der Waals surface area contributed by atoms with Crippen LogP contribution in [-0.2, 0) is 26.8 Å². The van der Waals surface area contributed by atoms with Crippen LogP contribution < -0.4 is 0 Å². The lowest BCUT2D eigenvalue weighted by molar-refractivity contribution is 0.0222. The van der Waals surface area contributed by atoms with Crippen molar-refractivity contribution in [1.29, 1.82) is 0 Å². The van der Waals surface area contributed by atoms with E-state index in [9.17, 15) is 13.2 Å². The zero-order valence-corrected chi connectivity index (χ0v) is 13.7. The van der Waals surface area contributed by atoms with E-state index >= 15 is 0 Å². The number of nitrogens with zero attached hydrogens (tertiary/aromatic N) is 2. The Labute approximate surface area is 128 Å². The normalized spacial score (nSPS) is 15.5. The predicted molar refractivity (Wildman–Crippen MR) is 77.6 cm³/mol. The van der Waals surface area contributed by atoms with Gasteiger partial charge in [-0.3, -0.25) is 0 Å². The summed E-state index contributed by atoms with van der Waals surface area (Å²) in [5.74, 6) is 0. The van der Waals surface area contributed by atoms with Crippen molar-refractivity contribution in [3.8, 4) is 0 Å². The molecule has 0 saturated carbocycles. The Morgan fingerprint density at radius 3 is 2.62 bits per heavy atom. The van der Waals surface area contributed by atoms with E-state index in [1.54, 1.807) is 11.0 Å². The minimum Gasteiger partial charge on any atom is -0.444 e. The molecule has 0 saturated heterocycles. The highest BCUT2D eigenvalue weighted by Crippen LogP contribution is 2.22. The fraction of sp³-hybridized carbons (Fsp3) is 0.538. The van der Waals surface area contributed by atoms with E-state index in [1.807, 2.05) is 20.8 Å². The summed E-state index contributed by atoms with van der Waals surface area (Å²) in [5, 5.41) is -0.159. The van der Waals surface area contributed by atoms with E-state index in [4.69, 9.17) is 15.4 Å². The van der Waals surface area contributed by atoms with Crippen molar-refractivity contribution in [3.63, 3.8) is 0 Å². The molecule has 0 spiro atoms. The van der Waals surface area contributed by atoms with Crippen molar-refractivity contribution in [2.75, 3.05) is 6.54 Å². The van der Waals surface area contributed by atoms with Crippen LogP contribution in [0.3, 0.4) is 0 Å². The van der Waals surface area contributed by atoms with Gasteiger partial charge in [-0.05, 0) is 32.4 Å². The van der Waals surface area contributed by atoms with Crippen molar-refractivity contribution < 1.29 is 17.9 Å². The molecule has 0 fully saturated rings. The van der Waals surface area contributed by atoms with Crippen LogP contribution in [0.4, 0.5) is 4.79 Å². The van der Waals surface area contributed by atoms with Crippen LogP contribution in [0.5, 0.6) is 0 Å². The van der Waals surface area contributed by atoms with Gasteiger partial charge >= 0.3 is 6.09 Å². The first-order chi connectivity index (χ1) is 9.56. The zero-order chi connectivity index (χ0) is 15.8. The van der Waals surface area contributed by atoms with E-state index < -0.39 is 14.7 Å². The monoisotopic (exact) mass is 332 g/mol. The summed E-state index contributed by atoms with van der Waals surface area (Å²) in [6, 6.07) is 2.98. The number of halogens is 1. The Balaban J connectivity index is 2.17. The maximum absolute atomic E-state index is 12.0. The highest BCUT2D eigenvalue weighted by molar-refractivity contribution is 8.13. The molecule has 1 aromatic heterocycles. The van der Waals surface area contributed by atoms with Crippen LogP contribution in [0.25, 0.3) is 0 Å². The van der Waals surface area contributed by atoms with Gasteiger partial charge < -0.3 is 9.64 Å². The van der Waals surface area contributed by atoms with E-state index in [-0.39, 0.29) is 11.1 Å². The van der Waals surface area contributed by atoms with Gasteiger partial charge in [-0.15, -0.1) is 0 Å². The summed E-state index contributed by atoms with van der Waals surface area (Å²) < 4.78 is 27.9. The molecule has 1 aliphatic rings. The van der Waals surface area contributed by atoms with Crippen molar-refractivity contribution in [3.05, 3.63) is 23.4 Å². The van der Waals surface area contributed by atoms with Crippen LogP contribution in [-0.4, -0.2) is 36.5 Å². The molecule has 1 amide bonds. The minimum atomic E-state index is -3.83. The highest BCUT2D eigenvalue weighted by Gasteiger charge is 2.27. The third-order valence-corrected chi connectivity index (χ3v) is 4.13. The van der Waals surface area contributed by atoms with Gasteiger partial charge in [-0.2, -0.15) is 0 Å². The maximum atomic E-state index is 12.0. The molecule has 0 N–H and O–H groups in total. The molecular formula is C13H17ClN2O4S. The Bertz CT molecular complexity index is 667. The summed E-state index contributed by atoms with van der Waals surface area (Å²) in [5.41, 5.74) is 0.902. The second-order valence-corrected chi connectivity index (χ2v) is 8.36. The number of fused-ring (bicyclic) bond motifs is 1. The molecule has 21 heavy (non-hydrogen) atoms. The molecule has 1 aromatic rings. The highest BCUT2D eigenvalue weighted by atomic mass is 35.7. The first-order valence-corrected chi connectivity index (χ1v) is 8.78. The standard InChI is InChI=1S/C13H17ClN2O4S/c1-13(2,3)20-12(17)16-7-6-10-9(8-16)4-5-11(15-10)21(14,18)19/h4-5H,6-8H2,1-3H3. The van der Waals surface area contributed by atoms with Crippen molar-refractivity contribution in [1.82, 2.24) is 9.88 Å². The number of pyridine rings is 1. The molecule has 0 aromatic carbocycles. The van der Waals surface area contributed by atoms with Crippen LogP contribution in [0, 0.1) is 0 Å². The Morgan fingerprint density at radius 1 is 1.38 bits per heavy atom. The van der Waals surface area contributed by atoms with Gasteiger partial charge in [-0.25, -0.2) is 18.2 Å². The molecule has 2 heterocycles.